The Hall–Kier alpha value is -2.87. The van der Waals surface area contributed by atoms with Crippen molar-refractivity contribution < 1.29 is 9.13 Å². The van der Waals surface area contributed by atoms with Gasteiger partial charge in [0.2, 0.25) is 5.95 Å². The Morgan fingerprint density at radius 1 is 0.969 bits per heavy atom. The van der Waals surface area contributed by atoms with Gasteiger partial charge in [0.15, 0.2) is 11.6 Å². The van der Waals surface area contributed by atoms with Crippen molar-refractivity contribution in [2.24, 2.45) is 0 Å². The molecule has 3 aromatic rings. The molecule has 2 fully saturated rings. The lowest BCUT2D eigenvalue weighted by Gasteiger charge is -2.22. The molecule has 2 aliphatic rings. The summed E-state index contributed by atoms with van der Waals surface area (Å²) in [7, 11) is 0. The molecule has 6 nitrogen and oxygen atoms in total. The van der Waals surface area contributed by atoms with Crippen LogP contribution >= 0.6 is 11.9 Å². The van der Waals surface area contributed by atoms with Gasteiger partial charge in [-0.15, -0.1) is 0 Å². The van der Waals surface area contributed by atoms with Gasteiger partial charge in [-0.25, -0.2) is 14.4 Å². The molecule has 0 unspecified atom stereocenters. The summed E-state index contributed by atoms with van der Waals surface area (Å²) in [5.41, 5.74) is 2.10. The van der Waals surface area contributed by atoms with E-state index in [0.717, 1.165) is 18.5 Å². The molecule has 2 heterocycles. The number of rotatable bonds is 8. The highest BCUT2D eigenvalue weighted by Crippen LogP contribution is 2.36. The number of benzene rings is 1. The fourth-order valence-electron chi connectivity index (χ4n) is 3.77. The van der Waals surface area contributed by atoms with E-state index >= 15 is 0 Å². The van der Waals surface area contributed by atoms with Crippen LogP contribution in [0.25, 0.3) is 11.3 Å². The van der Waals surface area contributed by atoms with Crippen LogP contribution in [0.1, 0.15) is 44.9 Å². The molecule has 2 saturated carbocycles. The molecule has 0 aliphatic heterocycles. The third kappa shape index (κ3) is 5.30. The summed E-state index contributed by atoms with van der Waals surface area (Å²) in [5, 5.41) is 4.09. The van der Waals surface area contributed by atoms with Crippen LogP contribution in [0.2, 0.25) is 0 Å². The fourth-order valence-corrected chi connectivity index (χ4v) is 4.58. The van der Waals surface area contributed by atoms with Crippen molar-refractivity contribution in [3.63, 3.8) is 0 Å². The first kappa shape index (κ1) is 21.0. The molecular weight excluding hydrogens is 425 g/mol. The second-order valence-corrected chi connectivity index (χ2v) is 9.39. The van der Waals surface area contributed by atoms with E-state index in [4.69, 9.17) is 4.74 Å². The topological polar surface area (TPSA) is 72.0 Å². The van der Waals surface area contributed by atoms with Crippen molar-refractivity contribution in [2.45, 2.75) is 56.2 Å². The maximum atomic E-state index is 14.7. The van der Waals surface area contributed by atoms with Gasteiger partial charge in [0.05, 0.1) is 11.3 Å². The van der Waals surface area contributed by atoms with Gasteiger partial charge >= 0.3 is 0 Å². The number of nitrogens with zero attached hydrogens (tertiary/aromatic N) is 3. The second kappa shape index (κ2) is 9.73. The number of aromatic nitrogens is 3. The Kier molecular flexibility index (Phi) is 6.39. The summed E-state index contributed by atoms with van der Waals surface area (Å²) >= 11 is 1.64. The highest BCUT2D eigenvalue weighted by Gasteiger charge is 2.22. The number of pyridine rings is 1. The van der Waals surface area contributed by atoms with Crippen LogP contribution in [0.15, 0.2) is 48.9 Å². The van der Waals surface area contributed by atoms with E-state index < -0.39 is 5.82 Å². The van der Waals surface area contributed by atoms with Crippen LogP contribution in [0.5, 0.6) is 11.5 Å². The molecule has 0 atom stereocenters. The Balaban J connectivity index is 1.33. The molecule has 0 radical (unpaired) electrons. The maximum absolute atomic E-state index is 14.7. The van der Waals surface area contributed by atoms with Gasteiger partial charge in [0, 0.05) is 41.6 Å². The Bertz CT molecular complexity index is 1070. The summed E-state index contributed by atoms with van der Waals surface area (Å²) in [6.07, 6.45) is 13.5. The van der Waals surface area contributed by atoms with E-state index in [9.17, 15) is 4.39 Å². The van der Waals surface area contributed by atoms with Crippen molar-refractivity contribution in [3.05, 3.63) is 54.7 Å². The standard InChI is InChI=1S/C24H26FN5OS/c25-20-14-17(30-32-18-7-8-18)6-9-23(20)31-22-11-12-26-15-19(22)21-10-13-27-24(29-21)28-16-4-2-1-3-5-16/h6,9-16,18,30H,1-5,7-8H2,(H,27,28,29). The number of anilines is 2. The molecule has 32 heavy (non-hydrogen) atoms. The van der Waals surface area contributed by atoms with Crippen LogP contribution in [-0.4, -0.2) is 26.2 Å². The lowest BCUT2D eigenvalue weighted by molar-refractivity contribution is 0.443. The van der Waals surface area contributed by atoms with Crippen molar-refractivity contribution in [1.82, 2.24) is 15.0 Å². The lowest BCUT2D eigenvalue weighted by atomic mass is 9.96. The highest BCUT2D eigenvalue weighted by molar-refractivity contribution is 8.01. The smallest absolute Gasteiger partial charge is 0.223 e. The average Bonchev–Trinajstić information content (AvgIpc) is 3.65. The van der Waals surface area contributed by atoms with E-state index in [1.54, 1.807) is 42.7 Å². The van der Waals surface area contributed by atoms with Crippen molar-refractivity contribution in [1.29, 1.82) is 0 Å². The van der Waals surface area contributed by atoms with Crippen LogP contribution in [0.4, 0.5) is 16.0 Å². The largest absolute Gasteiger partial charge is 0.453 e. The zero-order valence-corrected chi connectivity index (χ0v) is 18.6. The highest BCUT2D eigenvalue weighted by atomic mass is 32.2. The minimum atomic E-state index is -0.420. The van der Waals surface area contributed by atoms with E-state index in [1.807, 2.05) is 12.1 Å². The number of hydrogen-bond acceptors (Lipinski definition) is 7. The van der Waals surface area contributed by atoms with Gasteiger partial charge in [-0.05, 0) is 61.9 Å². The van der Waals surface area contributed by atoms with Gasteiger partial charge in [0.1, 0.15) is 5.75 Å². The lowest BCUT2D eigenvalue weighted by Crippen LogP contribution is -2.23. The summed E-state index contributed by atoms with van der Waals surface area (Å²) < 4.78 is 23.9. The van der Waals surface area contributed by atoms with Gasteiger partial charge in [-0.3, -0.25) is 4.98 Å². The van der Waals surface area contributed by atoms with E-state index in [0.29, 0.717) is 34.2 Å². The number of hydrogen-bond donors (Lipinski definition) is 2. The third-order valence-corrected chi connectivity index (χ3v) is 6.83. The SMILES string of the molecule is Fc1cc(NSC2CC2)ccc1Oc1ccncc1-c1ccnc(NC2CCCCC2)n1. The zero-order valence-electron chi connectivity index (χ0n) is 17.8. The molecule has 0 bridgehead atoms. The number of ether oxygens (including phenoxy) is 1. The molecule has 0 spiro atoms. The van der Waals surface area contributed by atoms with Gasteiger partial charge in [-0.1, -0.05) is 19.3 Å². The van der Waals surface area contributed by atoms with E-state index in [2.05, 4.69) is 25.0 Å². The Morgan fingerprint density at radius 2 is 1.84 bits per heavy atom. The summed E-state index contributed by atoms with van der Waals surface area (Å²) in [6.45, 7) is 0. The fraction of sp³-hybridized carbons (Fsp3) is 0.375. The van der Waals surface area contributed by atoms with Crippen molar-refractivity contribution in [3.8, 4) is 22.8 Å². The first-order valence-corrected chi connectivity index (χ1v) is 12.1. The third-order valence-electron chi connectivity index (χ3n) is 5.67. The zero-order chi connectivity index (χ0) is 21.8. The normalized spacial score (nSPS) is 16.5. The first-order chi connectivity index (χ1) is 15.7. The molecular formula is C24H26FN5OS. The molecule has 1 aromatic carbocycles. The summed E-state index contributed by atoms with van der Waals surface area (Å²) in [6, 6.07) is 8.87. The van der Waals surface area contributed by atoms with Crippen LogP contribution in [0, 0.1) is 5.82 Å². The molecule has 8 heteroatoms. The van der Waals surface area contributed by atoms with Gasteiger partial charge < -0.3 is 14.8 Å². The summed E-state index contributed by atoms with van der Waals surface area (Å²) in [4.78, 5) is 13.3. The minimum absolute atomic E-state index is 0.161. The monoisotopic (exact) mass is 451 g/mol. The van der Waals surface area contributed by atoms with Crippen molar-refractivity contribution in [2.75, 3.05) is 10.0 Å². The molecule has 166 valence electrons. The predicted octanol–water partition coefficient (Wildman–Crippen LogP) is 6.44. The van der Waals surface area contributed by atoms with Gasteiger partial charge in [0.25, 0.3) is 0 Å². The maximum Gasteiger partial charge on any atom is 0.223 e. The van der Waals surface area contributed by atoms with E-state index in [1.165, 1.54) is 38.2 Å². The molecule has 0 saturated heterocycles. The predicted molar refractivity (Wildman–Crippen MR) is 126 cm³/mol. The number of nitrogens with one attached hydrogen (secondary N) is 2. The quantitative estimate of drug-likeness (QED) is 0.382. The molecule has 2 aliphatic carbocycles. The van der Waals surface area contributed by atoms with E-state index in [-0.39, 0.29) is 5.75 Å². The molecule has 2 N–H and O–H groups in total. The summed E-state index contributed by atoms with van der Waals surface area (Å²) in [5.74, 6) is 0.832. The Morgan fingerprint density at radius 3 is 2.66 bits per heavy atom. The second-order valence-electron chi connectivity index (χ2n) is 8.28. The van der Waals surface area contributed by atoms with Gasteiger partial charge in [-0.2, -0.15) is 0 Å². The van der Waals surface area contributed by atoms with Crippen LogP contribution < -0.4 is 14.8 Å². The first-order valence-electron chi connectivity index (χ1n) is 11.2. The molecule has 2 aromatic heterocycles. The van der Waals surface area contributed by atoms with Crippen LogP contribution in [-0.2, 0) is 0 Å². The average molecular weight is 452 g/mol. The minimum Gasteiger partial charge on any atom is -0.453 e. The molecule has 0 amide bonds. The molecule has 5 rings (SSSR count). The van der Waals surface area contributed by atoms with Crippen LogP contribution in [0.3, 0.4) is 0 Å². The Labute approximate surface area is 191 Å². The van der Waals surface area contributed by atoms with Crippen molar-refractivity contribution >= 4 is 23.6 Å². The number of halogens is 1.